The minimum absolute atomic E-state index is 0.0518. The highest BCUT2D eigenvalue weighted by molar-refractivity contribution is 5.91. The lowest BCUT2D eigenvalue weighted by molar-refractivity contribution is -0.153. The first-order valence-electron chi connectivity index (χ1n) is 8.69. The number of nitrogens with zero attached hydrogens (tertiary/aromatic N) is 3. The van der Waals surface area contributed by atoms with E-state index in [1.165, 1.54) is 13.4 Å². The molecule has 1 amide bonds. The molecule has 0 bridgehead atoms. The van der Waals surface area contributed by atoms with E-state index in [2.05, 4.69) is 29.1 Å². The minimum Gasteiger partial charge on any atom is -0.467 e. The van der Waals surface area contributed by atoms with Crippen LogP contribution in [0.4, 0.5) is 5.69 Å². The standard InChI is InChI=1S/C18H26N4O3/c1-10(2)14(21-11-6-19-9-20-7-11)16(23)22-8-12-13(18(12,3)4)15(22)17(24)25-5/h6-7,9-10,12-15,21H,8H2,1-5H3/t12-,13-,14-,15-/m0/s1. The zero-order valence-electron chi connectivity index (χ0n) is 15.4. The van der Waals surface area contributed by atoms with Gasteiger partial charge in [0, 0.05) is 12.5 Å². The Balaban J connectivity index is 1.81. The van der Waals surface area contributed by atoms with Crippen molar-refractivity contribution in [2.24, 2.45) is 23.2 Å². The fourth-order valence-corrected chi connectivity index (χ4v) is 4.15. The number of hydrogen-bond donors (Lipinski definition) is 1. The maximum Gasteiger partial charge on any atom is 0.328 e. The van der Waals surface area contributed by atoms with Crippen LogP contribution in [0.15, 0.2) is 18.7 Å². The van der Waals surface area contributed by atoms with Gasteiger partial charge in [0.05, 0.1) is 25.2 Å². The number of carbonyl (C=O) groups excluding carboxylic acids is 2. The first-order valence-corrected chi connectivity index (χ1v) is 8.69. The summed E-state index contributed by atoms with van der Waals surface area (Å²) >= 11 is 0. The smallest absolute Gasteiger partial charge is 0.328 e. The molecule has 1 aliphatic carbocycles. The normalized spacial score (nSPS) is 27.6. The van der Waals surface area contributed by atoms with Gasteiger partial charge in [0.2, 0.25) is 5.91 Å². The van der Waals surface area contributed by atoms with Gasteiger partial charge in [-0.2, -0.15) is 0 Å². The lowest BCUT2D eigenvalue weighted by Crippen LogP contribution is -2.52. The fraction of sp³-hybridized carbons (Fsp3) is 0.667. The van der Waals surface area contributed by atoms with E-state index in [9.17, 15) is 9.59 Å². The van der Waals surface area contributed by atoms with Gasteiger partial charge in [0.1, 0.15) is 18.4 Å². The van der Waals surface area contributed by atoms with Gasteiger partial charge in [0.25, 0.3) is 0 Å². The second-order valence-corrected chi connectivity index (χ2v) is 7.91. The number of ether oxygens (including phenoxy) is 1. The van der Waals surface area contributed by atoms with Gasteiger partial charge in [-0.15, -0.1) is 0 Å². The van der Waals surface area contributed by atoms with Crippen molar-refractivity contribution in [2.45, 2.75) is 39.8 Å². The number of esters is 1. The van der Waals surface area contributed by atoms with E-state index in [-0.39, 0.29) is 29.1 Å². The summed E-state index contributed by atoms with van der Waals surface area (Å²) < 4.78 is 4.99. The summed E-state index contributed by atoms with van der Waals surface area (Å²) in [5, 5.41) is 3.21. The molecule has 136 valence electrons. The van der Waals surface area contributed by atoms with Crippen molar-refractivity contribution in [2.75, 3.05) is 19.0 Å². The summed E-state index contributed by atoms with van der Waals surface area (Å²) in [5.74, 6) is 0.190. The van der Waals surface area contributed by atoms with Gasteiger partial charge in [-0.3, -0.25) is 4.79 Å². The average molecular weight is 346 g/mol. The van der Waals surface area contributed by atoms with E-state index >= 15 is 0 Å². The highest BCUT2D eigenvalue weighted by Crippen LogP contribution is 2.65. The number of methoxy groups -OCH3 is 1. The number of carbonyl (C=O) groups is 2. The van der Waals surface area contributed by atoms with Crippen molar-refractivity contribution in [3.63, 3.8) is 0 Å². The van der Waals surface area contributed by atoms with Gasteiger partial charge >= 0.3 is 5.97 Å². The van der Waals surface area contributed by atoms with Crippen LogP contribution in [-0.4, -0.2) is 52.5 Å². The SMILES string of the molecule is COC(=O)[C@@H]1[C@@H]2[C@H](CN1C(=O)[C@@H](Nc1cncnc1)C(C)C)C2(C)C. The molecular weight excluding hydrogens is 320 g/mol. The van der Waals surface area contributed by atoms with Crippen molar-refractivity contribution in [1.29, 1.82) is 0 Å². The predicted molar refractivity (Wildman–Crippen MR) is 92.6 cm³/mol. The molecule has 1 aromatic rings. The molecule has 0 unspecified atom stereocenters. The third kappa shape index (κ3) is 2.96. The molecule has 0 radical (unpaired) electrons. The Hall–Kier alpha value is -2.18. The van der Waals surface area contributed by atoms with Crippen LogP contribution >= 0.6 is 0 Å². The fourth-order valence-electron chi connectivity index (χ4n) is 4.15. The number of fused-ring (bicyclic) bond motifs is 1. The molecule has 7 nitrogen and oxygen atoms in total. The molecule has 3 rings (SSSR count). The maximum absolute atomic E-state index is 13.2. The highest BCUT2D eigenvalue weighted by Gasteiger charge is 2.70. The molecule has 2 fully saturated rings. The van der Waals surface area contributed by atoms with Crippen molar-refractivity contribution in [3.05, 3.63) is 18.7 Å². The summed E-state index contributed by atoms with van der Waals surface area (Å²) in [6.45, 7) is 8.87. The second kappa shape index (κ2) is 6.28. The van der Waals surface area contributed by atoms with E-state index in [0.717, 1.165) is 0 Å². The van der Waals surface area contributed by atoms with Gasteiger partial charge in [0.15, 0.2) is 0 Å². The monoisotopic (exact) mass is 346 g/mol. The zero-order valence-corrected chi connectivity index (χ0v) is 15.4. The van der Waals surface area contributed by atoms with E-state index in [1.807, 2.05) is 13.8 Å². The van der Waals surface area contributed by atoms with Gasteiger partial charge < -0.3 is 15.0 Å². The molecule has 4 atom stereocenters. The van der Waals surface area contributed by atoms with Crippen LogP contribution in [0.25, 0.3) is 0 Å². The molecule has 1 aromatic heterocycles. The largest absolute Gasteiger partial charge is 0.467 e. The summed E-state index contributed by atoms with van der Waals surface area (Å²) in [7, 11) is 1.38. The Morgan fingerprint density at radius 3 is 2.52 bits per heavy atom. The first-order chi connectivity index (χ1) is 11.8. The molecule has 1 aliphatic heterocycles. The number of likely N-dealkylation sites (tertiary alicyclic amines) is 1. The Labute approximate surface area is 148 Å². The van der Waals surface area contributed by atoms with Gasteiger partial charge in [-0.25, -0.2) is 14.8 Å². The molecule has 1 saturated carbocycles. The van der Waals surface area contributed by atoms with Crippen molar-refractivity contribution < 1.29 is 14.3 Å². The van der Waals surface area contributed by atoms with E-state index < -0.39 is 12.1 Å². The number of anilines is 1. The van der Waals surface area contributed by atoms with Gasteiger partial charge in [-0.1, -0.05) is 27.7 Å². The van der Waals surface area contributed by atoms with Crippen LogP contribution in [0.5, 0.6) is 0 Å². The van der Waals surface area contributed by atoms with E-state index in [0.29, 0.717) is 18.2 Å². The van der Waals surface area contributed by atoms with Crippen LogP contribution in [-0.2, 0) is 14.3 Å². The predicted octanol–water partition coefficient (Wildman–Crippen LogP) is 1.57. The summed E-state index contributed by atoms with van der Waals surface area (Å²) in [4.78, 5) is 35.2. The molecule has 2 heterocycles. The number of hydrogen-bond acceptors (Lipinski definition) is 6. The van der Waals surface area contributed by atoms with Crippen LogP contribution < -0.4 is 5.32 Å². The topological polar surface area (TPSA) is 84.4 Å². The Morgan fingerprint density at radius 1 is 1.32 bits per heavy atom. The quantitative estimate of drug-likeness (QED) is 0.815. The van der Waals surface area contributed by atoms with Crippen molar-refractivity contribution >= 4 is 17.6 Å². The molecule has 0 aromatic carbocycles. The molecule has 25 heavy (non-hydrogen) atoms. The molecular formula is C18H26N4O3. The summed E-state index contributed by atoms with van der Waals surface area (Å²) in [5.41, 5.74) is 0.776. The van der Waals surface area contributed by atoms with Crippen molar-refractivity contribution in [3.8, 4) is 0 Å². The number of aromatic nitrogens is 2. The molecule has 2 aliphatic rings. The number of rotatable bonds is 5. The third-order valence-electron chi connectivity index (χ3n) is 5.75. The third-order valence-corrected chi connectivity index (χ3v) is 5.75. The van der Waals surface area contributed by atoms with E-state index in [4.69, 9.17) is 4.74 Å². The van der Waals surface area contributed by atoms with Crippen molar-refractivity contribution in [1.82, 2.24) is 14.9 Å². The number of nitrogens with one attached hydrogen (secondary N) is 1. The molecule has 1 N–H and O–H groups in total. The minimum atomic E-state index is -0.493. The number of piperidine rings is 1. The lowest BCUT2D eigenvalue weighted by Gasteiger charge is -2.33. The van der Waals surface area contributed by atoms with Crippen LogP contribution in [0.1, 0.15) is 27.7 Å². The first kappa shape index (κ1) is 17.6. The summed E-state index contributed by atoms with van der Waals surface area (Å²) in [6, 6.07) is -0.939. The second-order valence-electron chi connectivity index (χ2n) is 7.91. The maximum atomic E-state index is 13.2. The van der Waals surface area contributed by atoms with Crippen LogP contribution in [0.3, 0.4) is 0 Å². The molecule has 7 heteroatoms. The average Bonchev–Trinajstić information content (AvgIpc) is 2.96. The van der Waals surface area contributed by atoms with Gasteiger partial charge in [-0.05, 0) is 17.3 Å². The highest BCUT2D eigenvalue weighted by atomic mass is 16.5. The van der Waals surface area contributed by atoms with E-state index in [1.54, 1.807) is 17.3 Å². The molecule has 0 spiro atoms. The number of amides is 1. The van der Waals surface area contributed by atoms with Crippen LogP contribution in [0, 0.1) is 23.2 Å². The Morgan fingerprint density at radius 2 is 1.96 bits per heavy atom. The molecule has 1 saturated heterocycles. The van der Waals surface area contributed by atoms with Crippen LogP contribution in [0.2, 0.25) is 0 Å². The Kier molecular flexibility index (Phi) is 4.43. The Bertz CT molecular complexity index is 662. The lowest BCUT2D eigenvalue weighted by atomic mass is 9.97. The summed E-state index contributed by atoms with van der Waals surface area (Å²) in [6.07, 6.45) is 4.72. The zero-order chi connectivity index (χ0) is 18.4.